The SMILES string of the molecule is Cn1c(C(=O)Nc2ccc(C(F)(F)F)cc2)cnc1-c1ccccc1. The molecule has 0 atom stereocenters. The second kappa shape index (κ2) is 6.43. The Kier molecular flexibility index (Phi) is 4.31. The summed E-state index contributed by atoms with van der Waals surface area (Å²) in [5.74, 6) is 0.176. The molecule has 128 valence electrons. The van der Waals surface area contributed by atoms with Crippen LogP contribution in [-0.4, -0.2) is 15.5 Å². The number of carbonyl (C=O) groups is 1. The molecule has 0 unspecified atom stereocenters. The number of alkyl halides is 3. The summed E-state index contributed by atoms with van der Waals surface area (Å²) in [5, 5.41) is 2.58. The Balaban J connectivity index is 1.79. The van der Waals surface area contributed by atoms with Crippen LogP contribution in [0.4, 0.5) is 18.9 Å². The predicted octanol–water partition coefficient (Wildman–Crippen LogP) is 4.36. The minimum absolute atomic E-state index is 0.278. The maximum atomic E-state index is 12.6. The summed E-state index contributed by atoms with van der Waals surface area (Å²) in [6.45, 7) is 0. The van der Waals surface area contributed by atoms with Crippen LogP contribution in [0.15, 0.2) is 60.8 Å². The number of aromatic nitrogens is 2. The number of carbonyl (C=O) groups excluding carboxylic acids is 1. The van der Waals surface area contributed by atoms with Crippen molar-refractivity contribution in [2.75, 3.05) is 5.32 Å². The zero-order valence-electron chi connectivity index (χ0n) is 13.2. The second-order valence-electron chi connectivity index (χ2n) is 5.42. The van der Waals surface area contributed by atoms with Crippen LogP contribution in [0.3, 0.4) is 0 Å². The Morgan fingerprint density at radius 2 is 1.68 bits per heavy atom. The number of nitrogens with one attached hydrogen (secondary N) is 1. The number of anilines is 1. The van der Waals surface area contributed by atoms with Crippen molar-refractivity contribution in [3.63, 3.8) is 0 Å². The third kappa shape index (κ3) is 3.55. The average molecular weight is 345 g/mol. The molecular formula is C18H14F3N3O. The molecule has 1 aromatic heterocycles. The second-order valence-corrected chi connectivity index (χ2v) is 5.42. The fourth-order valence-electron chi connectivity index (χ4n) is 2.41. The number of hydrogen-bond donors (Lipinski definition) is 1. The van der Waals surface area contributed by atoms with Crippen molar-refractivity contribution in [3.8, 4) is 11.4 Å². The lowest BCUT2D eigenvalue weighted by atomic mass is 10.2. The molecule has 1 N–H and O–H groups in total. The molecule has 0 aliphatic rings. The standard InChI is InChI=1S/C18H14F3N3O/c1-24-15(11-22-16(24)12-5-3-2-4-6-12)17(25)23-14-9-7-13(8-10-14)18(19,20)21/h2-11H,1H3,(H,23,25). The van der Waals surface area contributed by atoms with E-state index in [4.69, 9.17) is 0 Å². The number of benzene rings is 2. The third-order valence-corrected chi connectivity index (χ3v) is 3.72. The minimum atomic E-state index is -4.41. The van der Waals surface area contributed by atoms with Gasteiger partial charge in [0.15, 0.2) is 0 Å². The van der Waals surface area contributed by atoms with Gasteiger partial charge in [-0.1, -0.05) is 30.3 Å². The highest BCUT2D eigenvalue weighted by Gasteiger charge is 2.30. The van der Waals surface area contributed by atoms with Crippen molar-refractivity contribution < 1.29 is 18.0 Å². The van der Waals surface area contributed by atoms with Crippen LogP contribution in [0.25, 0.3) is 11.4 Å². The molecule has 4 nitrogen and oxygen atoms in total. The van der Waals surface area contributed by atoms with Crippen molar-refractivity contribution in [2.45, 2.75) is 6.18 Å². The van der Waals surface area contributed by atoms with Gasteiger partial charge < -0.3 is 9.88 Å². The van der Waals surface area contributed by atoms with Crippen LogP contribution in [0, 0.1) is 0 Å². The molecule has 0 saturated heterocycles. The van der Waals surface area contributed by atoms with Crippen LogP contribution in [0.5, 0.6) is 0 Å². The lowest BCUT2D eigenvalue weighted by molar-refractivity contribution is -0.137. The first-order valence-corrected chi connectivity index (χ1v) is 7.42. The van der Waals surface area contributed by atoms with Gasteiger partial charge in [0.05, 0.1) is 11.8 Å². The number of hydrogen-bond acceptors (Lipinski definition) is 2. The van der Waals surface area contributed by atoms with E-state index >= 15 is 0 Å². The van der Waals surface area contributed by atoms with Gasteiger partial charge in [0.1, 0.15) is 11.5 Å². The molecule has 25 heavy (non-hydrogen) atoms. The molecule has 0 saturated carbocycles. The van der Waals surface area contributed by atoms with Gasteiger partial charge in [-0.2, -0.15) is 13.2 Å². The Hall–Kier alpha value is -3.09. The van der Waals surface area contributed by atoms with E-state index in [9.17, 15) is 18.0 Å². The van der Waals surface area contributed by atoms with Crippen LogP contribution in [-0.2, 0) is 13.2 Å². The van der Waals surface area contributed by atoms with Crippen LogP contribution >= 0.6 is 0 Å². The zero-order chi connectivity index (χ0) is 18.0. The van der Waals surface area contributed by atoms with Gasteiger partial charge in [-0.15, -0.1) is 0 Å². The fraction of sp³-hybridized carbons (Fsp3) is 0.111. The van der Waals surface area contributed by atoms with E-state index in [0.29, 0.717) is 11.5 Å². The first kappa shape index (κ1) is 16.8. The van der Waals surface area contributed by atoms with Gasteiger partial charge in [-0.25, -0.2) is 4.98 Å². The zero-order valence-corrected chi connectivity index (χ0v) is 13.2. The van der Waals surface area contributed by atoms with Crippen molar-refractivity contribution in [1.82, 2.24) is 9.55 Å². The van der Waals surface area contributed by atoms with Crippen molar-refractivity contribution in [3.05, 3.63) is 72.1 Å². The normalized spacial score (nSPS) is 11.4. The highest BCUT2D eigenvalue weighted by molar-refractivity contribution is 6.03. The van der Waals surface area contributed by atoms with E-state index in [2.05, 4.69) is 10.3 Å². The Morgan fingerprint density at radius 3 is 2.28 bits per heavy atom. The molecule has 0 bridgehead atoms. The number of nitrogens with zero attached hydrogens (tertiary/aromatic N) is 2. The van der Waals surface area contributed by atoms with E-state index in [1.165, 1.54) is 18.3 Å². The maximum absolute atomic E-state index is 12.6. The highest BCUT2D eigenvalue weighted by atomic mass is 19.4. The number of halogens is 3. The topological polar surface area (TPSA) is 46.9 Å². The average Bonchev–Trinajstić information content (AvgIpc) is 2.97. The van der Waals surface area contributed by atoms with Gasteiger partial charge in [0.25, 0.3) is 5.91 Å². The monoisotopic (exact) mass is 345 g/mol. The lowest BCUT2D eigenvalue weighted by Gasteiger charge is -2.09. The van der Waals surface area contributed by atoms with Gasteiger partial charge in [0, 0.05) is 18.3 Å². The molecular weight excluding hydrogens is 331 g/mol. The first-order valence-electron chi connectivity index (χ1n) is 7.42. The summed E-state index contributed by atoms with van der Waals surface area (Å²) < 4.78 is 39.3. The number of imidazole rings is 1. The fourth-order valence-corrected chi connectivity index (χ4v) is 2.41. The van der Waals surface area contributed by atoms with Crippen molar-refractivity contribution in [2.24, 2.45) is 7.05 Å². The third-order valence-electron chi connectivity index (χ3n) is 3.72. The molecule has 1 heterocycles. The molecule has 3 aromatic rings. The lowest BCUT2D eigenvalue weighted by Crippen LogP contribution is -2.16. The first-order chi connectivity index (χ1) is 11.9. The largest absolute Gasteiger partial charge is 0.416 e. The van der Waals surface area contributed by atoms with Gasteiger partial charge in [0.2, 0.25) is 0 Å². The smallest absolute Gasteiger partial charge is 0.323 e. The van der Waals surface area contributed by atoms with E-state index in [0.717, 1.165) is 17.7 Å². The van der Waals surface area contributed by atoms with E-state index in [1.54, 1.807) is 11.6 Å². The molecule has 7 heteroatoms. The molecule has 2 aromatic carbocycles. The molecule has 0 aliphatic carbocycles. The Labute approximate surface area is 141 Å². The van der Waals surface area contributed by atoms with Crippen LogP contribution < -0.4 is 5.32 Å². The summed E-state index contributed by atoms with van der Waals surface area (Å²) in [6, 6.07) is 13.6. The van der Waals surface area contributed by atoms with Gasteiger partial charge >= 0.3 is 6.18 Å². The molecule has 0 fully saturated rings. The molecule has 0 aliphatic heterocycles. The van der Waals surface area contributed by atoms with Gasteiger partial charge in [-0.05, 0) is 24.3 Å². The molecule has 0 radical (unpaired) electrons. The van der Waals surface area contributed by atoms with Crippen LogP contribution in [0.1, 0.15) is 16.1 Å². The van der Waals surface area contributed by atoms with Gasteiger partial charge in [-0.3, -0.25) is 4.79 Å². The number of rotatable bonds is 3. The van der Waals surface area contributed by atoms with Crippen LogP contribution in [0.2, 0.25) is 0 Å². The minimum Gasteiger partial charge on any atom is -0.323 e. The summed E-state index contributed by atoms with van der Waals surface area (Å²) in [6.07, 6.45) is -2.98. The van der Waals surface area contributed by atoms with Crippen molar-refractivity contribution >= 4 is 11.6 Å². The highest BCUT2D eigenvalue weighted by Crippen LogP contribution is 2.30. The summed E-state index contributed by atoms with van der Waals surface area (Å²) in [4.78, 5) is 16.6. The summed E-state index contributed by atoms with van der Waals surface area (Å²) >= 11 is 0. The Bertz CT molecular complexity index is 884. The maximum Gasteiger partial charge on any atom is 0.416 e. The predicted molar refractivity (Wildman–Crippen MR) is 88.0 cm³/mol. The summed E-state index contributed by atoms with van der Waals surface area (Å²) in [5.41, 5.74) is 0.676. The van der Waals surface area contributed by atoms with E-state index < -0.39 is 17.6 Å². The van der Waals surface area contributed by atoms with E-state index in [1.807, 2.05) is 30.3 Å². The number of amides is 1. The molecule has 3 rings (SSSR count). The molecule has 0 spiro atoms. The quantitative estimate of drug-likeness (QED) is 0.767. The Morgan fingerprint density at radius 1 is 1.04 bits per heavy atom. The molecule has 1 amide bonds. The van der Waals surface area contributed by atoms with Crippen molar-refractivity contribution in [1.29, 1.82) is 0 Å². The summed E-state index contributed by atoms with van der Waals surface area (Å²) in [7, 11) is 1.71. The van der Waals surface area contributed by atoms with E-state index in [-0.39, 0.29) is 5.69 Å².